The van der Waals surface area contributed by atoms with Gasteiger partial charge in [0, 0.05) is 12.4 Å². The highest BCUT2D eigenvalue weighted by Crippen LogP contribution is 2.14. The SMILES string of the molecule is CCc1ccc(C(CO)NC(=O)Cn2ccnc2)cc1. The molecule has 0 aliphatic rings. The van der Waals surface area contributed by atoms with Crippen molar-refractivity contribution in [1.29, 1.82) is 0 Å². The fraction of sp³-hybridized carbons (Fsp3) is 0.333. The molecule has 0 spiro atoms. The number of carbonyl (C=O) groups is 1. The highest BCUT2D eigenvalue weighted by atomic mass is 16.3. The van der Waals surface area contributed by atoms with Crippen molar-refractivity contribution in [2.75, 3.05) is 6.61 Å². The second-order valence-corrected chi connectivity index (χ2v) is 4.63. The Morgan fingerprint density at radius 2 is 2.15 bits per heavy atom. The molecule has 0 aliphatic heterocycles. The first-order chi connectivity index (χ1) is 9.72. The number of benzene rings is 1. The summed E-state index contributed by atoms with van der Waals surface area (Å²) in [6, 6.07) is 7.53. The number of hydrogen-bond acceptors (Lipinski definition) is 3. The van der Waals surface area contributed by atoms with Crippen molar-refractivity contribution in [3.8, 4) is 0 Å². The van der Waals surface area contributed by atoms with E-state index in [1.54, 1.807) is 23.3 Å². The van der Waals surface area contributed by atoms with E-state index in [1.165, 1.54) is 5.56 Å². The minimum absolute atomic E-state index is 0.124. The van der Waals surface area contributed by atoms with E-state index < -0.39 is 0 Å². The summed E-state index contributed by atoms with van der Waals surface area (Å²) in [5, 5.41) is 12.3. The van der Waals surface area contributed by atoms with Crippen molar-refractivity contribution in [2.45, 2.75) is 25.9 Å². The van der Waals surface area contributed by atoms with Gasteiger partial charge in [0.25, 0.3) is 0 Å². The fourth-order valence-electron chi connectivity index (χ4n) is 2.01. The summed E-state index contributed by atoms with van der Waals surface area (Å²) < 4.78 is 1.68. The molecule has 5 heteroatoms. The first-order valence-corrected chi connectivity index (χ1v) is 6.67. The van der Waals surface area contributed by atoms with E-state index in [2.05, 4.69) is 17.2 Å². The standard InChI is InChI=1S/C15H19N3O2/c1-2-12-3-5-13(6-4-12)14(10-19)17-15(20)9-18-8-7-16-11-18/h3-8,11,14,19H,2,9-10H2,1H3,(H,17,20). The zero-order valence-corrected chi connectivity index (χ0v) is 11.5. The van der Waals surface area contributed by atoms with E-state index in [0.29, 0.717) is 0 Å². The van der Waals surface area contributed by atoms with Crippen LogP contribution in [0.1, 0.15) is 24.1 Å². The van der Waals surface area contributed by atoms with Crippen molar-refractivity contribution in [1.82, 2.24) is 14.9 Å². The van der Waals surface area contributed by atoms with Gasteiger partial charge < -0.3 is 15.0 Å². The predicted octanol–water partition coefficient (Wildman–Crippen LogP) is 1.30. The molecule has 2 aromatic rings. The van der Waals surface area contributed by atoms with Crippen LogP contribution in [0.5, 0.6) is 0 Å². The van der Waals surface area contributed by atoms with Gasteiger partial charge in [-0.2, -0.15) is 0 Å². The van der Waals surface area contributed by atoms with Gasteiger partial charge in [-0.05, 0) is 17.5 Å². The van der Waals surface area contributed by atoms with E-state index in [-0.39, 0.29) is 25.1 Å². The summed E-state index contributed by atoms with van der Waals surface area (Å²) in [4.78, 5) is 15.8. The summed E-state index contributed by atoms with van der Waals surface area (Å²) in [6.45, 7) is 2.16. The average molecular weight is 273 g/mol. The number of imidazole rings is 1. The van der Waals surface area contributed by atoms with Gasteiger partial charge in [0.05, 0.1) is 19.0 Å². The number of aromatic nitrogens is 2. The third-order valence-electron chi connectivity index (χ3n) is 3.19. The molecule has 0 saturated heterocycles. The number of aryl methyl sites for hydroxylation is 1. The quantitative estimate of drug-likeness (QED) is 0.833. The van der Waals surface area contributed by atoms with Crippen LogP contribution >= 0.6 is 0 Å². The normalized spacial score (nSPS) is 12.1. The highest BCUT2D eigenvalue weighted by molar-refractivity contribution is 5.76. The Labute approximate surface area is 118 Å². The van der Waals surface area contributed by atoms with Crippen molar-refractivity contribution < 1.29 is 9.90 Å². The number of nitrogens with one attached hydrogen (secondary N) is 1. The van der Waals surface area contributed by atoms with Crippen LogP contribution in [-0.2, 0) is 17.8 Å². The summed E-state index contributed by atoms with van der Waals surface area (Å²) >= 11 is 0. The summed E-state index contributed by atoms with van der Waals surface area (Å²) in [6.07, 6.45) is 5.91. The number of rotatable bonds is 6. The maximum Gasteiger partial charge on any atom is 0.240 e. The number of nitrogens with zero attached hydrogens (tertiary/aromatic N) is 2. The number of aliphatic hydroxyl groups excluding tert-OH is 1. The Morgan fingerprint density at radius 1 is 1.40 bits per heavy atom. The molecule has 1 heterocycles. The van der Waals surface area contributed by atoms with Crippen LogP contribution < -0.4 is 5.32 Å². The lowest BCUT2D eigenvalue weighted by molar-refractivity contribution is -0.122. The lowest BCUT2D eigenvalue weighted by Gasteiger charge is -2.17. The first kappa shape index (κ1) is 14.3. The monoisotopic (exact) mass is 273 g/mol. The third kappa shape index (κ3) is 3.68. The Kier molecular flexibility index (Phi) is 4.90. The molecule has 1 unspecified atom stereocenters. The molecular weight excluding hydrogens is 254 g/mol. The second-order valence-electron chi connectivity index (χ2n) is 4.63. The summed E-state index contributed by atoms with van der Waals surface area (Å²) in [7, 11) is 0. The van der Waals surface area contributed by atoms with Gasteiger partial charge in [0.1, 0.15) is 6.54 Å². The van der Waals surface area contributed by atoms with Crippen LogP contribution in [0.15, 0.2) is 43.0 Å². The Morgan fingerprint density at radius 3 is 2.70 bits per heavy atom. The Bertz CT molecular complexity index is 535. The van der Waals surface area contributed by atoms with Crippen LogP contribution in [0.3, 0.4) is 0 Å². The van der Waals surface area contributed by atoms with E-state index in [1.807, 2.05) is 24.3 Å². The smallest absolute Gasteiger partial charge is 0.240 e. The van der Waals surface area contributed by atoms with Crippen molar-refractivity contribution in [3.63, 3.8) is 0 Å². The van der Waals surface area contributed by atoms with Gasteiger partial charge in [-0.25, -0.2) is 4.98 Å². The average Bonchev–Trinajstić information content (AvgIpc) is 2.97. The molecule has 106 valence electrons. The molecule has 5 nitrogen and oxygen atoms in total. The Balaban J connectivity index is 1.98. The number of carbonyl (C=O) groups excluding carboxylic acids is 1. The molecule has 1 aromatic carbocycles. The molecular formula is C15H19N3O2. The van der Waals surface area contributed by atoms with Crippen LogP contribution in [0.4, 0.5) is 0 Å². The number of amides is 1. The van der Waals surface area contributed by atoms with Gasteiger partial charge in [0.15, 0.2) is 0 Å². The van der Waals surface area contributed by atoms with Gasteiger partial charge in [-0.15, -0.1) is 0 Å². The lowest BCUT2D eigenvalue weighted by Crippen LogP contribution is -2.33. The summed E-state index contributed by atoms with van der Waals surface area (Å²) in [5.41, 5.74) is 2.14. The van der Waals surface area contributed by atoms with Crippen molar-refractivity contribution in [2.24, 2.45) is 0 Å². The molecule has 1 aromatic heterocycles. The minimum atomic E-state index is -0.378. The van der Waals surface area contributed by atoms with Crippen LogP contribution in [0.25, 0.3) is 0 Å². The number of aliphatic hydroxyl groups is 1. The molecule has 2 rings (SSSR count). The minimum Gasteiger partial charge on any atom is -0.394 e. The van der Waals surface area contributed by atoms with Crippen molar-refractivity contribution >= 4 is 5.91 Å². The zero-order chi connectivity index (χ0) is 14.4. The van der Waals surface area contributed by atoms with Crippen molar-refractivity contribution in [3.05, 3.63) is 54.1 Å². The molecule has 1 atom stereocenters. The molecule has 0 fully saturated rings. The van der Waals surface area contributed by atoms with Crippen LogP contribution in [0.2, 0.25) is 0 Å². The largest absolute Gasteiger partial charge is 0.394 e. The number of hydrogen-bond donors (Lipinski definition) is 2. The van der Waals surface area contributed by atoms with Gasteiger partial charge in [-0.3, -0.25) is 4.79 Å². The molecule has 2 N–H and O–H groups in total. The molecule has 1 amide bonds. The van der Waals surface area contributed by atoms with E-state index in [4.69, 9.17) is 0 Å². The molecule has 0 bridgehead atoms. The third-order valence-corrected chi connectivity index (χ3v) is 3.19. The van der Waals surface area contributed by atoms with Crippen LogP contribution in [-0.4, -0.2) is 27.2 Å². The van der Waals surface area contributed by atoms with E-state index in [9.17, 15) is 9.90 Å². The highest BCUT2D eigenvalue weighted by Gasteiger charge is 2.13. The van der Waals surface area contributed by atoms with Gasteiger partial charge >= 0.3 is 0 Å². The van der Waals surface area contributed by atoms with Gasteiger partial charge in [-0.1, -0.05) is 31.2 Å². The predicted molar refractivity (Wildman–Crippen MR) is 76.0 cm³/mol. The molecule has 0 radical (unpaired) electrons. The maximum absolute atomic E-state index is 11.9. The summed E-state index contributed by atoms with van der Waals surface area (Å²) in [5.74, 6) is -0.151. The van der Waals surface area contributed by atoms with Crippen LogP contribution in [0, 0.1) is 0 Å². The molecule has 20 heavy (non-hydrogen) atoms. The topological polar surface area (TPSA) is 67.2 Å². The zero-order valence-electron chi connectivity index (χ0n) is 11.5. The maximum atomic E-state index is 11.9. The Hall–Kier alpha value is -2.14. The second kappa shape index (κ2) is 6.86. The van der Waals surface area contributed by atoms with E-state index >= 15 is 0 Å². The first-order valence-electron chi connectivity index (χ1n) is 6.67. The fourth-order valence-corrected chi connectivity index (χ4v) is 2.01. The lowest BCUT2D eigenvalue weighted by atomic mass is 10.0. The van der Waals surface area contributed by atoms with E-state index in [0.717, 1.165) is 12.0 Å². The molecule has 0 aliphatic carbocycles. The van der Waals surface area contributed by atoms with Gasteiger partial charge in [0.2, 0.25) is 5.91 Å². The molecule has 0 saturated carbocycles.